The third-order valence-electron chi connectivity index (χ3n) is 36.4. The number of carbonyl (C=O) groups is 15. The third kappa shape index (κ3) is 34.3. The number of rotatable bonds is 28. The summed E-state index contributed by atoms with van der Waals surface area (Å²) in [5, 5.41) is 8.25. The highest BCUT2D eigenvalue weighted by Gasteiger charge is 2.59. The Morgan fingerprint density at radius 1 is 0.297 bits per heavy atom. The van der Waals surface area contributed by atoms with Gasteiger partial charge >= 0.3 is 53.7 Å². The van der Waals surface area contributed by atoms with Crippen molar-refractivity contribution in [1.29, 1.82) is 0 Å². The summed E-state index contributed by atoms with van der Waals surface area (Å²) in [6.45, 7) is 64.9. The largest absolute Gasteiger partial charge is 0.463 e. The molecule has 14 aliphatic carbocycles. The van der Waals surface area contributed by atoms with Gasteiger partial charge in [0, 0.05) is 35.5 Å². The molecule has 27 heteroatoms. The normalized spacial score (nSPS) is 27.8. The fraction of sp³-hybridized carbons (Fsp3) is 0.873. The number of hydrogen-bond donors (Lipinski definition) is 3. The molecule has 3 unspecified atom stereocenters. The minimum absolute atomic E-state index is 0.0197. The van der Waals surface area contributed by atoms with E-state index in [9.17, 15) is 71.9 Å². The Kier molecular flexibility index (Phi) is 45.0. The number of cyclic esters (lactones) is 3. The first-order valence-corrected chi connectivity index (χ1v) is 56.3. The molecule has 12 bridgehead atoms. The van der Waals surface area contributed by atoms with Crippen molar-refractivity contribution in [2.75, 3.05) is 19.8 Å². The standard InChI is InChI=1S/3C17H27NO2.C14H26O2.C13H24O2.3C10H16O4.C10H20O2/c3*1-4-16(2,3)14(19)18-15(20)17-8-11-5-12(9-17)7-13(6-11)10-17;1-6-13(4,5)12(15)16-14(11(2)3)9-7-8-10-14;1-5-12(3,4)11(14)15-13(6-2)9-7-8-10-13;3*1-4-10(2,3)9(12)14-7-5-6-13-8(7)11;1-7-10(5,6)8(11)12-9(2,3)4/h3*11-13H,4-10H2,1-3H3,(H,18,19,20);11H,6-10H2,1-5H3;5-10H2,1-4H3;3*7H,4-6H2,1-3H3;7H2,1-6H3. The van der Waals surface area contributed by atoms with E-state index in [1.807, 2.05) is 166 Å². The zero-order valence-corrected chi connectivity index (χ0v) is 96.5. The molecule has 3 heterocycles. The minimum Gasteiger partial charge on any atom is -0.463 e. The van der Waals surface area contributed by atoms with Crippen molar-refractivity contribution in [3.05, 3.63) is 0 Å². The van der Waals surface area contributed by atoms with Crippen LogP contribution in [0.3, 0.4) is 0 Å². The molecule has 17 fully saturated rings. The zero-order valence-electron chi connectivity index (χ0n) is 96.5. The van der Waals surface area contributed by atoms with Gasteiger partial charge in [-0.3, -0.25) is 73.5 Å². The van der Waals surface area contributed by atoms with Gasteiger partial charge in [0.1, 0.15) is 16.8 Å². The van der Waals surface area contributed by atoms with E-state index in [0.717, 1.165) is 182 Å². The summed E-state index contributed by atoms with van der Waals surface area (Å²) in [6.07, 6.45) is 37.2. The highest BCUT2D eigenvalue weighted by molar-refractivity contribution is 6.02. The molecule has 145 heavy (non-hydrogen) atoms. The van der Waals surface area contributed by atoms with E-state index in [1.54, 1.807) is 41.5 Å². The Morgan fingerprint density at radius 3 is 0.697 bits per heavy atom. The predicted octanol–water partition coefficient (Wildman–Crippen LogP) is 24.1. The van der Waals surface area contributed by atoms with Gasteiger partial charge in [-0.15, -0.1) is 0 Å². The average Bonchev–Trinajstić information content (AvgIpc) is 0.966. The first-order chi connectivity index (χ1) is 66.9. The van der Waals surface area contributed by atoms with Gasteiger partial charge in [0.25, 0.3) is 0 Å². The highest BCUT2D eigenvalue weighted by Crippen LogP contribution is 2.63. The van der Waals surface area contributed by atoms with Gasteiger partial charge in [0.15, 0.2) is 0 Å². The van der Waals surface area contributed by atoms with Crippen molar-refractivity contribution in [3.8, 4) is 0 Å². The van der Waals surface area contributed by atoms with Crippen molar-refractivity contribution < 1.29 is 115 Å². The van der Waals surface area contributed by atoms with Crippen LogP contribution in [0.15, 0.2) is 0 Å². The molecule has 3 N–H and O–H groups in total. The summed E-state index contributed by atoms with van der Waals surface area (Å²) in [5.74, 6) is 4.44. The van der Waals surface area contributed by atoms with E-state index >= 15 is 0 Å². The lowest BCUT2D eigenvalue weighted by Crippen LogP contribution is -2.55. The van der Waals surface area contributed by atoms with Gasteiger partial charge in [0.05, 0.1) is 68.6 Å². The van der Waals surface area contributed by atoms with Crippen LogP contribution in [-0.4, -0.2) is 144 Å². The maximum absolute atomic E-state index is 12.7. The number of ether oxygens (including phenoxy) is 9. The molecule has 6 amide bonds. The SMILES string of the molecule is CCC(C)(C)C(=O)NC(=O)C12CC3CC(CC(C3)C1)C2.CCC(C)(C)C(=O)NC(=O)C12CC3CC(CC(C3)C1)C2.CCC(C)(C)C(=O)NC(=O)C12CC3CC(CC(C3)C1)C2.CCC(C)(C)C(=O)OC(C)(C)C.CCC(C)(C)C(=O)OC1(C(C)C)CCCC1.CCC(C)(C)C(=O)OC1CCOC1=O.CCC(C)(C)C(=O)OC1CCOC1=O.CCC(C)(C)C(=O)OC1CCOC1=O.CCC1(OC(=O)C(C)(C)CC)CCCC1. The second-order valence-corrected chi connectivity index (χ2v) is 53.1. The van der Waals surface area contributed by atoms with Gasteiger partial charge in [0.2, 0.25) is 53.8 Å². The molecule has 17 aliphatic rings. The van der Waals surface area contributed by atoms with E-state index in [0.29, 0.717) is 64.3 Å². The number of amides is 6. The highest BCUT2D eigenvalue weighted by atomic mass is 16.6. The first-order valence-electron chi connectivity index (χ1n) is 56.3. The lowest BCUT2D eigenvalue weighted by Gasteiger charge is -2.55. The Bertz CT molecular complexity index is 3970. The van der Waals surface area contributed by atoms with E-state index in [-0.39, 0.29) is 121 Å². The summed E-state index contributed by atoms with van der Waals surface area (Å²) >= 11 is 0. The van der Waals surface area contributed by atoms with Gasteiger partial charge in [-0.25, -0.2) is 14.4 Å². The number of nitrogens with one attached hydrogen (secondary N) is 3. The van der Waals surface area contributed by atoms with Crippen LogP contribution in [-0.2, 0) is 115 Å². The Hall–Kier alpha value is -7.35. The maximum atomic E-state index is 12.7. The molecule has 17 rings (SSSR count). The Labute approximate surface area is 872 Å². The van der Waals surface area contributed by atoms with Crippen LogP contribution < -0.4 is 16.0 Å². The molecular formula is C118H199N3O24. The first kappa shape index (κ1) is 126. The smallest absolute Gasteiger partial charge is 0.347 e. The van der Waals surface area contributed by atoms with Crippen LogP contribution in [0.25, 0.3) is 0 Å². The second-order valence-electron chi connectivity index (χ2n) is 53.1. The van der Waals surface area contributed by atoms with Crippen LogP contribution in [0.5, 0.6) is 0 Å². The van der Waals surface area contributed by atoms with Crippen molar-refractivity contribution >= 4 is 89.2 Å². The molecular weight excluding hydrogens is 1840 g/mol. The molecule has 0 radical (unpaired) electrons. The van der Waals surface area contributed by atoms with Crippen molar-refractivity contribution in [3.63, 3.8) is 0 Å². The lowest BCUT2D eigenvalue weighted by atomic mass is 9.49. The van der Waals surface area contributed by atoms with Gasteiger partial charge in [-0.2, -0.15) is 0 Å². The topological polar surface area (TPSA) is 375 Å². The molecule has 3 atom stereocenters. The third-order valence-corrected chi connectivity index (χ3v) is 36.4. The fourth-order valence-corrected chi connectivity index (χ4v) is 22.7. The van der Waals surface area contributed by atoms with E-state index in [1.165, 1.54) is 83.5 Å². The Morgan fingerprint density at radius 2 is 0.503 bits per heavy atom. The quantitative estimate of drug-likeness (QED) is 0.0484. The number of hydrogen-bond acceptors (Lipinski definition) is 24. The molecule has 3 aliphatic heterocycles. The molecule has 14 saturated carbocycles. The van der Waals surface area contributed by atoms with Crippen LogP contribution in [0.4, 0.5) is 0 Å². The molecule has 0 aromatic rings. The molecule has 3 saturated heterocycles. The zero-order chi connectivity index (χ0) is 110. The lowest BCUT2D eigenvalue weighted by molar-refractivity contribution is -0.175. The van der Waals surface area contributed by atoms with E-state index in [2.05, 4.69) is 36.7 Å². The number of carbonyl (C=O) groups excluding carboxylic acids is 15. The van der Waals surface area contributed by atoms with Crippen LogP contribution in [0.2, 0.25) is 0 Å². The Balaban J connectivity index is 0.000000251. The summed E-state index contributed by atoms with van der Waals surface area (Å²) in [6, 6.07) is 0. The molecule has 0 aromatic heterocycles. The van der Waals surface area contributed by atoms with Gasteiger partial charge < -0.3 is 42.6 Å². The van der Waals surface area contributed by atoms with Crippen LogP contribution in [0.1, 0.15) is 479 Å². The summed E-state index contributed by atoms with van der Waals surface area (Å²) in [4.78, 5) is 178. The van der Waals surface area contributed by atoms with Gasteiger partial charge in [-0.05, 0) is 394 Å². The summed E-state index contributed by atoms with van der Waals surface area (Å²) in [5.41, 5.74) is -5.27. The van der Waals surface area contributed by atoms with Gasteiger partial charge in [-0.1, -0.05) is 125 Å². The number of imide groups is 3. The second kappa shape index (κ2) is 51.6. The fourth-order valence-electron chi connectivity index (χ4n) is 22.7. The van der Waals surface area contributed by atoms with Crippen molar-refractivity contribution in [1.82, 2.24) is 16.0 Å². The van der Waals surface area contributed by atoms with E-state index in [4.69, 9.17) is 42.6 Å². The average molecular weight is 2040 g/mol. The molecule has 0 aromatic carbocycles. The summed E-state index contributed by atoms with van der Waals surface area (Å²) < 4.78 is 46.2. The van der Waals surface area contributed by atoms with Crippen LogP contribution >= 0.6 is 0 Å². The molecule has 27 nitrogen and oxygen atoms in total. The molecule has 0 spiro atoms. The van der Waals surface area contributed by atoms with Crippen LogP contribution in [0, 0.1) is 124 Å². The van der Waals surface area contributed by atoms with Crippen molar-refractivity contribution in [2.45, 2.75) is 514 Å². The van der Waals surface area contributed by atoms with E-state index < -0.39 is 68.7 Å². The monoisotopic (exact) mass is 2040 g/mol. The minimum atomic E-state index is -0.687. The maximum Gasteiger partial charge on any atom is 0.347 e. The van der Waals surface area contributed by atoms with Crippen molar-refractivity contribution in [2.24, 2.45) is 124 Å². The molecule has 830 valence electrons. The summed E-state index contributed by atoms with van der Waals surface area (Å²) in [7, 11) is 0. The predicted molar refractivity (Wildman–Crippen MR) is 560 cm³/mol. The number of esters is 9.